The van der Waals surface area contributed by atoms with Gasteiger partial charge in [0.05, 0.1) is 32.0 Å². The van der Waals surface area contributed by atoms with E-state index in [0.717, 1.165) is 15.6 Å². The molecule has 1 aliphatic heterocycles. The van der Waals surface area contributed by atoms with Crippen LogP contribution in [0.3, 0.4) is 0 Å². The third-order valence-electron chi connectivity index (χ3n) is 3.98. The standard InChI is InChI=1S/C19H19NO4S/c1-20-13-7-5-6-8-17(13)25-18(20)11-14(21)12-9-15(22-2)19(24-4)16(10-12)23-3/h5-11H,1-4H3/b18-11-. The fourth-order valence-corrected chi connectivity index (χ4v) is 3.75. The molecule has 0 aliphatic carbocycles. The maximum Gasteiger partial charge on any atom is 0.203 e. The summed E-state index contributed by atoms with van der Waals surface area (Å²) in [5.74, 6) is 1.26. The average molecular weight is 357 g/mol. The Bertz CT molecular complexity index is 822. The number of ether oxygens (including phenoxy) is 3. The second-order valence-corrected chi connectivity index (χ2v) is 6.45. The predicted molar refractivity (Wildman–Crippen MR) is 99.2 cm³/mol. The summed E-state index contributed by atoms with van der Waals surface area (Å²) < 4.78 is 15.9. The highest BCUT2D eigenvalue weighted by Gasteiger charge is 2.23. The SMILES string of the molecule is COc1cc(C(=O)/C=C2\Sc3ccccc3N2C)cc(OC)c1OC. The zero-order chi connectivity index (χ0) is 18.0. The van der Waals surface area contributed by atoms with Gasteiger partial charge >= 0.3 is 0 Å². The van der Waals surface area contributed by atoms with E-state index < -0.39 is 0 Å². The summed E-state index contributed by atoms with van der Waals surface area (Å²) in [6.07, 6.45) is 1.63. The summed E-state index contributed by atoms with van der Waals surface area (Å²) >= 11 is 1.57. The molecule has 1 heterocycles. The van der Waals surface area contributed by atoms with Gasteiger partial charge in [0, 0.05) is 23.6 Å². The fourth-order valence-electron chi connectivity index (χ4n) is 2.67. The Balaban J connectivity index is 1.95. The van der Waals surface area contributed by atoms with Gasteiger partial charge < -0.3 is 19.1 Å². The number of benzene rings is 2. The van der Waals surface area contributed by atoms with E-state index in [9.17, 15) is 4.79 Å². The van der Waals surface area contributed by atoms with Gasteiger partial charge in [-0.25, -0.2) is 0 Å². The highest BCUT2D eigenvalue weighted by Crippen LogP contribution is 2.45. The van der Waals surface area contributed by atoms with Gasteiger partial charge in [-0.05, 0) is 24.3 Å². The Labute approximate surface area is 151 Å². The molecule has 0 spiro atoms. The van der Waals surface area contributed by atoms with Crippen LogP contribution in [-0.4, -0.2) is 34.2 Å². The minimum Gasteiger partial charge on any atom is -0.493 e. The minimum absolute atomic E-state index is 0.124. The second-order valence-electron chi connectivity index (χ2n) is 5.39. The molecule has 130 valence electrons. The van der Waals surface area contributed by atoms with Crippen LogP contribution in [0, 0.1) is 0 Å². The molecular weight excluding hydrogens is 338 g/mol. The molecule has 0 saturated heterocycles. The van der Waals surface area contributed by atoms with Gasteiger partial charge in [-0.3, -0.25) is 4.79 Å². The van der Waals surface area contributed by atoms with E-state index in [1.807, 2.05) is 36.2 Å². The number of carbonyl (C=O) groups excluding carboxylic acids is 1. The molecule has 0 amide bonds. The molecule has 1 aliphatic rings. The number of carbonyl (C=O) groups is 1. The Morgan fingerprint density at radius 1 is 1.04 bits per heavy atom. The van der Waals surface area contributed by atoms with Crippen LogP contribution in [0.2, 0.25) is 0 Å². The fraction of sp³-hybridized carbons (Fsp3) is 0.211. The summed E-state index contributed by atoms with van der Waals surface area (Å²) in [7, 11) is 6.54. The van der Waals surface area contributed by atoms with E-state index in [-0.39, 0.29) is 5.78 Å². The summed E-state index contributed by atoms with van der Waals surface area (Å²) in [6, 6.07) is 11.4. The van der Waals surface area contributed by atoms with E-state index in [1.54, 1.807) is 30.0 Å². The monoisotopic (exact) mass is 357 g/mol. The molecular formula is C19H19NO4S. The first kappa shape index (κ1) is 17.2. The van der Waals surface area contributed by atoms with Crippen molar-refractivity contribution in [2.45, 2.75) is 4.90 Å². The number of ketones is 1. The zero-order valence-electron chi connectivity index (χ0n) is 14.5. The first-order valence-electron chi connectivity index (χ1n) is 7.65. The van der Waals surface area contributed by atoms with Crippen LogP contribution in [0.1, 0.15) is 10.4 Å². The highest BCUT2D eigenvalue weighted by molar-refractivity contribution is 8.03. The lowest BCUT2D eigenvalue weighted by Crippen LogP contribution is -2.11. The van der Waals surface area contributed by atoms with Crippen LogP contribution in [0.25, 0.3) is 0 Å². The number of allylic oxidation sites excluding steroid dienone is 1. The molecule has 25 heavy (non-hydrogen) atoms. The van der Waals surface area contributed by atoms with Crippen molar-refractivity contribution in [2.75, 3.05) is 33.3 Å². The van der Waals surface area contributed by atoms with Crippen molar-refractivity contribution in [1.29, 1.82) is 0 Å². The largest absolute Gasteiger partial charge is 0.493 e. The van der Waals surface area contributed by atoms with Crippen LogP contribution in [-0.2, 0) is 0 Å². The van der Waals surface area contributed by atoms with E-state index >= 15 is 0 Å². The molecule has 0 radical (unpaired) electrons. The number of rotatable bonds is 5. The molecule has 3 rings (SSSR count). The van der Waals surface area contributed by atoms with Gasteiger partial charge in [-0.2, -0.15) is 0 Å². The van der Waals surface area contributed by atoms with Crippen LogP contribution in [0.5, 0.6) is 17.2 Å². The normalized spacial score (nSPS) is 14.4. The summed E-state index contributed by atoms with van der Waals surface area (Å²) in [4.78, 5) is 15.9. The Morgan fingerprint density at radius 2 is 1.68 bits per heavy atom. The smallest absolute Gasteiger partial charge is 0.203 e. The van der Waals surface area contributed by atoms with Gasteiger partial charge in [0.25, 0.3) is 0 Å². The molecule has 2 aromatic rings. The summed E-state index contributed by atoms with van der Waals surface area (Å²) in [5, 5.41) is 0.875. The lowest BCUT2D eigenvalue weighted by molar-refractivity contribution is 0.104. The van der Waals surface area contributed by atoms with E-state index in [2.05, 4.69) is 0 Å². The highest BCUT2D eigenvalue weighted by atomic mass is 32.2. The van der Waals surface area contributed by atoms with Crippen molar-refractivity contribution in [3.05, 3.63) is 53.1 Å². The molecule has 0 unspecified atom stereocenters. The quantitative estimate of drug-likeness (QED) is 0.596. The first-order chi connectivity index (χ1) is 12.1. The molecule has 5 nitrogen and oxygen atoms in total. The molecule has 0 bridgehead atoms. The number of methoxy groups -OCH3 is 3. The van der Waals surface area contributed by atoms with Crippen molar-refractivity contribution in [2.24, 2.45) is 0 Å². The van der Waals surface area contributed by atoms with Crippen LogP contribution >= 0.6 is 11.8 Å². The Morgan fingerprint density at radius 3 is 2.24 bits per heavy atom. The van der Waals surface area contributed by atoms with Crippen molar-refractivity contribution in [1.82, 2.24) is 0 Å². The van der Waals surface area contributed by atoms with E-state index in [4.69, 9.17) is 14.2 Å². The zero-order valence-corrected chi connectivity index (χ0v) is 15.3. The summed E-state index contributed by atoms with van der Waals surface area (Å²) in [6.45, 7) is 0. The number of para-hydroxylation sites is 1. The average Bonchev–Trinajstić information content (AvgIpc) is 2.96. The molecule has 0 saturated carbocycles. The maximum atomic E-state index is 12.8. The molecule has 0 aromatic heterocycles. The van der Waals surface area contributed by atoms with Gasteiger partial charge in [-0.15, -0.1) is 0 Å². The van der Waals surface area contributed by atoms with Gasteiger partial charge in [0.15, 0.2) is 17.3 Å². The topological polar surface area (TPSA) is 48.0 Å². The number of nitrogens with zero attached hydrogens (tertiary/aromatic N) is 1. The van der Waals surface area contributed by atoms with E-state index in [0.29, 0.717) is 22.8 Å². The third-order valence-corrected chi connectivity index (χ3v) is 5.14. The molecule has 0 fully saturated rings. The number of fused-ring (bicyclic) bond motifs is 1. The van der Waals surface area contributed by atoms with Crippen LogP contribution in [0.4, 0.5) is 5.69 Å². The van der Waals surface area contributed by atoms with Crippen molar-refractivity contribution < 1.29 is 19.0 Å². The minimum atomic E-state index is -0.124. The second kappa shape index (κ2) is 7.11. The van der Waals surface area contributed by atoms with Crippen LogP contribution < -0.4 is 19.1 Å². The number of thioether (sulfide) groups is 1. The molecule has 0 N–H and O–H groups in total. The van der Waals surface area contributed by atoms with Crippen molar-refractivity contribution in [3.63, 3.8) is 0 Å². The molecule has 2 aromatic carbocycles. The third kappa shape index (κ3) is 3.17. The lowest BCUT2D eigenvalue weighted by Gasteiger charge is -2.14. The molecule has 6 heteroatoms. The van der Waals surface area contributed by atoms with Gasteiger partial charge in [-0.1, -0.05) is 23.9 Å². The van der Waals surface area contributed by atoms with Crippen LogP contribution in [0.15, 0.2) is 52.4 Å². The number of hydrogen-bond donors (Lipinski definition) is 0. The lowest BCUT2D eigenvalue weighted by atomic mass is 10.1. The predicted octanol–water partition coefficient (Wildman–Crippen LogP) is 3.98. The Kier molecular flexibility index (Phi) is 4.90. The van der Waals surface area contributed by atoms with Crippen molar-refractivity contribution >= 4 is 23.2 Å². The maximum absolute atomic E-state index is 12.8. The van der Waals surface area contributed by atoms with Gasteiger partial charge in [0.2, 0.25) is 5.75 Å². The van der Waals surface area contributed by atoms with E-state index in [1.165, 1.54) is 21.3 Å². The summed E-state index contributed by atoms with van der Waals surface area (Å²) in [5.41, 5.74) is 1.57. The van der Waals surface area contributed by atoms with Gasteiger partial charge in [0.1, 0.15) is 0 Å². The number of anilines is 1. The first-order valence-corrected chi connectivity index (χ1v) is 8.47. The van der Waals surface area contributed by atoms with Crippen molar-refractivity contribution in [3.8, 4) is 17.2 Å². The Hall–Kier alpha value is -2.60. The number of hydrogen-bond acceptors (Lipinski definition) is 6. The molecule has 0 atom stereocenters.